The first kappa shape index (κ1) is 22.8. The molecule has 0 saturated heterocycles. The second-order valence-corrected chi connectivity index (χ2v) is 11.7. The van der Waals surface area contributed by atoms with Gasteiger partial charge in [-0.25, -0.2) is 0 Å². The van der Waals surface area contributed by atoms with Crippen LogP contribution in [0.2, 0.25) is 0 Å². The topological polar surface area (TPSA) is 9.86 Å². The molecule has 0 bridgehead atoms. The molecule has 3 heterocycles. The van der Waals surface area contributed by atoms with E-state index < -0.39 is 0 Å². The van der Waals surface area contributed by atoms with Crippen molar-refractivity contribution in [1.82, 2.24) is 9.13 Å². The highest BCUT2D eigenvalue weighted by Crippen LogP contribution is 2.50. The summed E-state index contributed by atoms with van der Waals surface area (Å²) in [7, 11) is 0. The van der Waals surface area contributed by atoms with E-state index in [9.17, 15) is 0 Å². The molecule has 0 radical (unpaired) electrons. The molecule has 2 aromatic heterocycles. The van der Waals surface area contributed by atoms with Gasteiger partial charge in [0.1, 0.15) is 5.65 Å². The molecule has 0 saturated carbocycles. The zero-order valence-corrected chi connectivity index (χ0v) is 23.0. The average molecular weight is 541 g/mol. The molecule has 9 rings (SSSR count). The van der Waals surface area contributed by atoms with E-state index in [1.54, 1.807) is 0 Å². The zero-order valence-electron chi connectivity index (χ0n) is 22.2. The summed E-state index contributed by atoms with van der Waals surface area (Å²) in [6.07, 6.45) is 0. The fraction of sp³-hybridized carbons (Fsp3) is 0. The SMILES string of the molecule is c1ccc(-c2ccc(-n3c4cccc(-c5ccccc5)c4c4c5cccc6c5n(c43)-c3ccccc3S6)cc2)cc1. The van der Waals surface area contributed by atoms with Crippen LogP contribution in [0.25, 0.3) is 66.5 Å². The van der Waals surface area contributed by atoms with Crippen LogP contribution in [0.15, 0.2) is 155 Å². The van der Waals surface area contributed by atoms with E-state index in [0.29, 0.717) is 0 Å². The first-order valence-corrected chi connectivity index (χ1v) is 14.8. The van der Waals surface area contributed by atoms with Crippen LogP contribution in [0, 0.1) is 0 Å². The number of hydrogen-bond acceptors (Lipinski definition) is 1. The van der Waals surface area contributed by atoms with E-state index in [1.807, 2.05) is 11.8 Å². The van der Waals surface area contributed by atoms with Gasteiger partial charge in [0.15, 0.2) is 0 Å². The number of aromatic nitrogens is 2. The Labute approximate surface area is 242 Å². The van der Waals surface area contributed by atoms with Gasteiger partial charge in [0.05, 0.1) is 16.7 Å². The smallest absolute Gasteiger partial charge is 0.131 e. The van der Waals surface area contributed by atoms with Crippen molar-refractivity contribution in [3.05, 3.63) is 146 Å². The van der Waals surface area contributed by atoms with Gasteiger partial charge in [-0.1, -0.05) is 121 Å². The Kier molecular flexibility index (Phi) is 4.87. The monoisotopic (exact) mass is 540 g/mol. The van der Waals surface area contributed by atoms with Crippen LogP contribution in [-0.4, -0.2) is 9.13 Å². The molecule has 8 aromatic rings. The van der Waals surface area contributed by atoms with Crippen LogP contribution in [0.1, 0.15) is 0 Å². The minimum Gasteiger partial charge on any atom is -0.295 e. The second-order valence-electron chi connectivity index (χ2n) is 10.6. The van der Waals surface area contributed by atoms with E-state index in [0.717, 1.165) is 5.69 Å². The number of para-hydroxylation sites is 2. The number of benzene rings is 6. The van der Waals surface area contributed by atoms with Crippen LogP contribution in [0.4, 0.5) is 0 Å². The molecule has 1 aliphatic heterocycles. The normalized spacial score (nSPS) is 12.3. The highest BCUT2D eigenvalue weighted by molar-refractivity contribution is 7.99. The quantitative estimate of drug-likeness (QED) is 0.217. The van der Waals surface area contributed by atoms with Gasteiger partial charge in [0.2, 0.25) is 0 Å². The third-order valence-corrected chi connectivity index (χ3v) is 9.43. The van der Waals surface area contributed by atoms with Crippen molar-refractivity contribution in [2.75, 3.05) is 0 Å². The summed E-state index contributed by atoms with van der Waals surface area (Å²) in [5, 5.41) is 3.90. The first-order chi connectivity index (χ1) is 20.4. The van der Waals surface area contributed by atoms with E-state index in [1.165, 1.54) is 70.6 Å². The van der Waals surface area contributed by atoms with Crippen molar-refractivity contribution >= 4 is 44.6 Å². The van der Waals surface area contributed by atoms with E-state index in [-0.39, 0.29) is 0 Å². The Morgan fingerprint density at radius 1 is 0.439 bits per heavy atom. The Morgan fingerprint density at radius 2 is 1.10 bits per heavy atom. The lowest BCUT2D eigenvalue weighted by atomic mass is 9.99. The molecule has 3 heteroatoms. The maximum absolute atomic E-state index is 2.51. The Hall–Kier alpha value is -4.99. The fourth-order valence-electron chi connectivity index (χ4n) is 6.57. The molecule has 0 N–H and O–H groups in total. The van der Waals surface area contributed by atoms with Gasteiger partial charge in [-0.3, -0.25) is 9.13 Å². The van der Waals surface area contributed by atoms with Crippen LogP contribution in [0.3, 0.4) is 0 Å². The van der Waals surface area contributed by atoms with Gasteiger partial charge in [-0.2, -0.15) is 0 Å². The lowest BCUT2D eigenvalue weighted by Gasteiger charge is -2.21. The van der Waals surface area contributed by atoms with Gasteiger partial charge in [-0.15, -0.1) is 0 Å². The van der Waals surface area contributed by atoms with Crippen molar-refractivity contribution in [2.24, 2.45) is 0 Å². The van der Waals surface area contributed by atoms with Crippen molar-refractivity contribution in [3.63, 3.8) is 0 Å². The zero-order chi connectivity index (χ0) is 26.9. The van der Waals surface area contributed by atoms with Crippen LogP contribution in [-0.2, 0) is 0 Å². The van der Waals surface area contributed by atoms with E-state index >= 15 is 0 Å². The molecule has 192 valence electrons. The largest absolute Gasteiger partial charge is 0.295 e. The third kappa shape index (κ3) is 3.27. The molecule has 0 aliphatic carbocycles. The molecule has 1 aliphatic rings. The summed E-state index contributed by atoms with van der Waals surface area (Å²) >= 11 is 1.87. The second kappa shape index (κ2) is 8.76. The minimum atomic E-state index is 1.16. The molecule has 0 atom stereocenters. The summed E-state index contributed by atoms with van der Waals surface area (Å²) in [6, 6.07) is 52.8. The Bertz CT molecular complexity index is 2260. The lowest BCUT2D eigenvalue weighted by molar-refractivity contribution is 1.03. The van der Waals surface area contributed by atoms with Gasteiger partial charge in [0.25, 0.3) is 0 Å². The third-order valence-electron chi connectivity index (χ3n) is 8.32. The standard InChI is InChI=1S/C38H24N2S/c1-3-11-25(12-4-1)26-21-23-28(24-22-26)39-32-18-9-15-29(27-13-5-2-6-14-27)35(32)36-30-16-10-20-34-37(30)40(38(36)39)31-17-7-8-19-33(31)41-34/h1-24H. The van der Waals surface area contributed by atoms with Crippen molar-refractivity contribution in [2.45, 2.75) is 9.79 Å². The predicted octanol–water partition coefficient (Wildman–Crippen LogP) is 10.5. The minimum absolute atomic E-state index is 1.16. The molecule has 0 spiro atoms. The van der Waals surface area contributed by atoms with Gasteiger partial charge >= 0.3 is 0 Å². The summed E-state index contributed by atoms with van der Waals surface area (Å²) in [5.74, 6) is 0. The highest BCUT2D eigenvalue weighted by atomic mass is 32.2. The molecule has 0 amide bonds. The molecule has 41 heavy (non-hydrogen) atoms. The van der Waals surface area contributed by atoms with E-state index in [4.69, 9.17) is 0 Å². The fourth-order valence-corrected chi connectivity index (χ4v) is 7.66. The van der Waals surface area contributed by atoms with Gasteiger partial charge < -0.3 is 0 Å². The van der Waals surface area contributed by atoms with Crippen LogP contribution >= 0.6 is 11.8 Å². The Balaban J connectivity index is 1.45. The van der Waals surface area contributed by atoms with Gasteiger partial charge in [-0.05, 0) is 58.7 Å². The highest BCUT2D eigenvalue weighted by Gasteiger charge is 2.28. The van der Waals surface area contributed by atoms with Crippen LogP contribution < -0.4 is 0 Å². The van der Waals surface area contributed by atoms with Crippen molar-refractivity contribution in [3.8, 4) is 33.6 Å². The van der Waals surface area contributed by atoms with E-state index in [2.05, 4.69) is 155 Å². The molecule has 6 aromatic carbocycles. The molecule has 0 unspecified atom stereocenters. The Morgan fingerprint density at radius 3 is 1.90 bits per heavy atom. The summed E-state index contributed by atoms with van der Waals surface area (Å²) in [5.41, 5.74) is 11.1. The number of fused-ring (bicyclic) bond motifs is 7. The van der Waals surface area contributed by atoms with Gasteiger partial charge in [0, 0.05) is 31.6 Å². The maximum atomic E-state index is 2.51. The number of nitrogens with zero attached hydrogens (tertiary/aromatic N) is 2. The summed E-state index contributed by atoms with van der Waals surface area (Å²) < 4.78 is 4.98. The predicted molar refractivity (Wildman–Crippen MR) is 173 cm³/mol. The van der Waals surface area contributed by atoms with Crippen molar-refractivity contribution in [1.29, 1.82) is 0 Å². The summed E-state index contributed by atoms with van der Waals surface area (Å²) in [4.78, 5) is 2.58. The average Bonchev–Trinajstić information content (AvgIpc) is 3.56. The number of hydrogen-bond donors (Lipinski definition) is 0. The van der Waals surface area contributed by atoms with Crippen LogP contribution in [0.5, 0.6) is 0 Å². The molecule has 2 nitrogen and oxygen atoms in total. The molecule has 0 fully saturated rings. The number of rotatable bonds is 3. The molecular formula is C38H24N2S. The van der Waals surface area contributed by atoms with Crippen molar-refractivity contribution < 1.29 is 0 Å². The molecular weight excluding hydrogens is 516 g/mol. The lowest BCUT2D eigenvalue weighted by Crippen LogP contribution is -2.05. The first-order valence-electron chi connectivity index (χ1n) is 14.0. The maximum Gasteiger partial charge on any atom is 0.131 e. The summed E-state index contributed by atoms with van der Waals surface area (Å²) in [6.45, 7) is 0.